The van der Waals surface area contributed by atoms with E-state index in [4.69, 9.17) is 11.6 Å². The average Bonchev–Trinajstić information content (AvgIpc) is 2.73. The van der Waals surface area contributed by atoms with Crippen LogP contribution in [-0.2, 0) is 6.54 Å². The van der Waals surface area contributed by atoms with Gasteiger partial charge in [-0.1, -0.05) is 32.2 Å². The van der Waals surface area contributed by atoms with Gasteiger partial charge in [-0.05, 0) is 43.2 Å². The minimum atomic E-state index is -0.524. The summed E-state index contributed by atoms with van der Waals surface area (Å²) in [6, 6.07) is 15.0. The molecular weight excluding hydrogens is 398 g/mol. The Balaban J connectivity index is 1.63. The molecule has 2 aromatic heterocycles. The van der Waals surface area contributed by atoms with Gasteiger partial charge in [0, 0.05) is 22.5 Å². The molecule has 6 nitrogen and oxygen atoms in total. The molecule has 152 valence electrons. The fourth-order valence-electron chi connectivity index (χ4n) is 3.26. The lowest BCUT2D eigenvalue weighted by atomic mass is 10.1. The van der Waals surface area contributed by atoms with Gasteiger partial charge in [-0.15, -0.1) is 0 Å². The van der Waals surface area contributed by atoms with Crippen molar-refractivity contribution in [1.29, 1.82) is 0 Å². The van der Waals surface area contributed by atoms with Gasteiger partial charge in [0.05, 0.1) is 24.0 Å². The number of rotatable bonds is 5. The van der Waals surface area contributed by atoms with Gasteiger partial charge >= 0.3 is 0 Å². The van der Waals surface area contributed by atoms with Gasteiger partial charge in [-0.2, -0.15) is 0 Å². The van der Waals surface area contributed by atoms with Crippen LogP contribution in [0.4, 0.5) is 16.0 Å². The zero-order valence-corrected chi connectivity index (χ0v) is 17.6. The highest BCUT2D eigenvalue weighted by Crippen LogP contribution is 2.29. The number of hydrogen-bond acceptors (Lipinski definition) is 6. The molecule has 30 heavy (non-hydrogen) atoms. The Labute approximate surface area is 175 Å². The minimum absolute atomic E-state index is 0.214. The second kappa shape index (κ2) is 8.30. The molecule has 0 saturated heterocycles. The third-order valence-corrected chi connectivity index (χ3v) is 6.13. The molecule has 2 heterocycles. The fourth-order valence-corrected chi connectivity index (χ4v) is 4.13. The van der Waals surface area contributed by atoms with E-state index in [2.05, 4.69) is 15.0 Å². The number of benzene rings is 2. The number of hydrazine groups is 1. The summed E-state index contributed by atoms with van der Waals surface area (Å²) in [7, 11) is -0.524. The number of nitrogens with zero attached hydrogens (tertiary/aromatic N) is 4. The van der Waals surface area contributed by atoms with Crippen molar-refractivity contribution in [3.63, 3.8) is 0 Å². The van der Waals surface area contributed by atoms with Crippen molar-refractivity contribution >= 4 is 35.8 Å². The van der Waals surface area contributed by atoms with Gasteiger partial charge in [0.25, 0.3) is 0 Å². The van der Waals surface area contributed by atoms with Gasteiger partial charge in [-0.3, -0.25) is 9.99 Å². The molecule has 0 aliphatic carbocycles. The van der Waals surface area contributed by atoms with E-state index in [0.29, 0.717) is 23.6 Å². The number of aromatic nitrogens is 3. The summed E-state index contributed by atoms with van der Waals surface area (Å²) >= 11 is 0. The lowest BCUT2D eigenvalue weighted by Gasteiger charge is -2.20. The molecule has 0 amide bonds. The Hall–Kier alpha value is -3.15. The number of halogens is 1. The van der Waals surface area contributed by atoms with Crippen molar-refractivity contribution in [3.8, 4) is 11.3 Å². The third-order valence-electron chi connectivity index (χ3n) is 4.80. The molecular formula is C22H22FN6P. The monoisotopic (exact) mass is 420 g/mol. The van der Waals surface area contributed by atoms with Crippen LogP contribution in [0.2, 0.25) is 0 Å². The van der Waals surface area contributed by atoms with E-state index in [1.807, 2.05) is 49.7 Å². The SMILES string of the molecule is CP(C)c1ccc(-c2cnc(N)c(N(N)Cc3ccc4ncccc4c3)n2)cc1F. The van der Waals surface area contributed by atoms with Crippen LogP contribution in [0.5, 0.6) is 0 Å². The molecule has 8 heteroatoms. The molecule has 0 unspecified atom stereocenters. The lowest BCUT2D eigenvalue weighted by Crippen LogP contribution is -2.32. The van der Waals surface area contributed by atoms with Gasteiger partial charge in [0.1, 0.15) is 5.82 Å². The van der Waals surface area contributed by atoms with E-state index >= 15 is 0 Å². The highest BCUT2D eigenvalue weighted by atomic mass is 31.1. The quantitative estimate of drug-likeness (QED) is 0.291. The third kappa shape index (κ3) is 4.08. The number of nitrogen functional groups attached to an aromatic ring is 1. The van der Waals surface area contributed by atoms with Gasteiger partial charge in [0.15, 0.2) is 11.6 Å². The fraction of sp³-hybridized carbons (Fsp3) is 0.136. The first-order valence-electron chi connectivity index (χ1n) is 9.38. The Morgan fingerprint density at radius 2 is 1.90 bits per heavy atom. The molecule has 0 aliphatic heterocycles. The molecule has 0 bridgehead atoms. The number of hydrogen-bond donors (Lipinski definition) is 2. The van der Waals surface area contributed by atoms with Crippen LogP contribution in [-0.4, -0.2) is 28.3 Å². The van der Waals surface area contributed by atoms with Gasteiger partial charge in [-0.25, -0.2) is 20.2 Å². The number of nitrogens with two attached hydrogens (primary N) is 2. The minimum Gasteiger partial charge on any atom is -0.381 e. The molecule has 4 N–H and O–H groups in total. The summed E-state index contributed by atoms with van der Waals surface area (Å²) in [6.45, 7) is 4.42. The molecule has 0 fully saturated rings. The maximum atomic E-state index is 14.4. The zero-order valence-electron chi connectivity index (χ0n) is 16.7. The molecule has 0 aliphatic rings. The first-order chi connectivity index (χ1) is 14.4. The number of pyridine rings is 1. The summed E-state index contributed by atoms with van der Waals surface area (Å²) in [6.07, 6.45) is 3.29. The first-order valence-corrected chi connectivity index (χ1v) is 11.6. The molecule has 0 atom stereocenters. The van der Waals surface area contributed by atoms with Crippen molar-refractivity contribution in [1.82, 2.24) is 15.0 Å². The Kier molecular flexibility index (Phi) is 5.57. The Bertz CT molecular complexity index is 1210. The van der Waals surface area contributed by atoms with Crippen LogP contribution in [0.1, 0.15) is 5.56 Å². The van der Waals surface area contributed by atoms with Crippen molar-refractivity contribution < 1.29 is 4.39 Å². The molecule has 4 aromatic rings. The summed E-state index contributed by atoms with van der Waals surface area (Å²) in [5.74, 6) is 6.60. The van der Waals surface area contributed by atoms with Crippen LogP contribution in [0, 0.1) is 5.82 Å². The van der Waals surface area contributed by atoms with Crippen LogP contribution in [0.3, 0.4) is 0 Å². The Morgan fingerprint density at radius 3 is 2.67 bits per heavy atom. The molecule has 2 aromatic carbocycles. The maximum absolute atomic E-state index is 14.4. The standard InChI is InChI=1S/C22H22FN6P/c1-30(2)20-8-6-16(11-17(20)23)19-12-27-21(24)22(28-19)29(25)13-14-5-7-18-15(10-14)4-3-9-26-18/h3-12H,13,25H2,1-2H3,(H2,24,27). The molecule has 0 spiro atoms. The highest BCUT2D eigenvalue weighted by molar-refractivity contribution is 7.64. The molecule has 0 saturated carbocycles. The van der Waals surface area contributed by atoms with Crippen LogP contribution >= 0.6 is 7.92 Å². The van der Waals surface area contributed by atoms with E-state index < -0.39 is 7.92 Å². The molecule has 4 rings (SSSR count). The predicted octanol–water partition coefficient (Wildman–Crippen LogP) is 3.66. The number of anilines is 2. The number of fused-ring (bicyclic) bond motifs is 1. The van der Waals surface area contributed by atoms with Crippen molar-refractivity contribution in [3.05, 3.63) is 72.3 Å². The summed E-state index contributed by atoms with van der Waals surface area (Å²) < 4.78 is 14.4. The van der Waals surface area contributed by atoms with E-state index in [0.717, 1.165) is 21.8 Å². The smallest absolute Gasteiger partial charge is 0.186 e. The normalized spacial score (nSPS) is 11.2. The Morgan fingerprint density at radius 1 is 1.07 bits per heavy atom. The van der Waals surface area contributed by atoms with Crippen LogP contribution in [0.25, 0.3) is 22.2 Å². The van der Waals surface area contributed by atoms with E-state index in [1.165, 1.54) is 17.3 Å². The highest BCUT2D eigenvalue weighted by Gasteiger charge is 2.14. The lowest BCUT2D eigenvalue weighted by molar-refractivity contribution is 0.636. The second-order valence-electron chi connectivity index (χ2n) is 7.18. The summed E-state index contributed by atoms with van der Waals surface area (Å²) in [5.41, 5.74) is 9.08. The topological polar surface area (TPSA) is 94.0 Å². The van der Waals surface area contributed by atoms with Crippen LogP contribution in [0.15, 0.2) is 60.9 Å². The van der Waals surface area contributed by atoms with Gasteiger partial charge in [0.2, 0.25) is 0 Å². The van der Waals surface area contributed by atoms with Gasteiger partial charge < -0.3 is 5.73 Å². The van der Waals surface area contributed by atoms with Crippen molar-refractivity contribution in [2.75, 3.05) is 24.1 Å². The maximum Gasteiger partial charge on any atom is 0.186 e. The van der Waals surface area contributed by atoms with Crippen molar-refractivity contribution in [2.24, 2.45) is 5.84 Å². The summed E-state index contributed by atoms with van der Waals surface area (Å²) in [4.78, 5) is 13.1. The van der Waals surface area contributed by atoms with Crippen LogP contribution < -0.4 is 21.9 Å². The first kappa shape index (κ1) is 20.1. The predicted molar refractivity (Wildman–Crippen MR) is 122 cm³/mol. The largest absolute Gasteiger partial charge is 0.381 e. The van der Waals surface area contributed by atoms with Crippen molar-refractivity contribution in [2.45, 2.75) is 6.54 Å². The van der Waals surface area contributed by atoms with E-state index in [-0.39, 0.29) is 11.6 Å². The molecule has 0 radical (unpaired) electrons. The summed E-state index contributed by atoms with van der Waals surface area (Å²) in [5, 5.41) is 3.20. The average molecular weight is 420 g/mol. The zero-order chi connectivity index (χ0) is 21.3. The van der Waals surface area contributed by atoms with E-state index in [9.17, 15) is 4.39 Å². The second-order valence-corrected chi connectivity index (χ2v) is 9.45. The van der Waals surface area contributed by atoms with E-state index in [1.54, 1.807) is 12.3 Å².